The van der Waals surface area contributed by atoms with Crippen molar-refractivity contribution in [3.63, 3.8) is 0 Å². The van der Waals surface area contributed by atoms with Crippen molar-refractivity contribution in [3.05, 3.63) is 29.3 Å². The summed E-state index contributed by atoms with van der Waals surface area (Å²) < 4.78 is 5.49. The Labute approximate surface area is 113 Å². The van der Waals surface area contributed by atoms with Crippen LogP contribution in [0.1, 0.15) is 35.2 Å². The molecular weight excluding hydrogens is 242 g/mol. The van der Waals surface area contributed by atoms with Crippen LogP contribution in [0.2, 0.25) is 0 Å². The van der Waals surface area contributed by atoms with Crippen molar-refractivity contribution < 1.29 is 9.53 Å². The quantitative estimate of drug-likeness (QED) is 0.557. The topological polar surface area (TPSA) is 76.4 Å². The van der Waals surface area contributed by atoms with E-state index in [0.29, 0.717) is 12.1 Å². The molecular formula is C14H21N3O2. The molecule has 0 saturated heterocycles. The number of carbonyl (C=O) groups is 1. The predicted molar refractivity (Wildman–Crippen MR) is 74.9 cm³/mol. The lowest BCUT2D eigenvalue weighted by Gasteiger charge is -2.40. The summed E-state index contributed by atoms with van der Waals surface area (Å²) in [4.78, 5) is 12.1. The molecule has 1 saturated carbocycles. The zero-order valence-electron chi connectivity index (χ0n) is 11.5. The molecule has 0 bridgehead atoms. The van der Waals surface area contributed by atoms with Crippen LogP contribution >= 0.6 is 0 Å². The van der Waals surface area contributed by atoms with Gasteiger partial charge in [0.1, 0.15) is 0 Å². The molecule has 0 atom stereocenters. The molecule has 0 unspecified atom stereocenters. The first-order valence-corrected chi connectivity index (χ1v) is 6.51. The third kappa shape index (κ3) is 2.88. The minimum absolute atomic E-state index is 0.0654. The molecule has 1 aromatic rings. The lowest BCUT2D eigenvalue weighted by Crippen LogP contribution is -2.49. The minimum atomic E-state index is -0.150. The van der Waals surface area contributed by atoms with Gasteiger partial charge in [0, 0.05) is 24.9 Å². The smallest absolute Gasteiger partial charge is 0.251 e. The maximum atomic E-state index is 12.1. The third-order valence-corrected chi connectivity index (χ3v) is 3.91. The summed E-state index contributed by atoms with van der Waals surface area (Å²) in [5, 5.41) is 2.96. The first kappa shape index (κ1) is 13.8. The van der Waals surface area contributed by atoms with Gasteiger partial charge in [-0.05, 0) is 49.9 Å². The Morgan fingerprint density at radius 1 is 1.47 bits per heavy atom. The van der Waals surface area contributed by atoms with E-state index < -0.39 is 0 Å². The molecule has 1 aromatic carbocycles. The van der Waals surface area contributed by atoms with E-state index in [4.69, 9.17) is 10.6 Å². The van der Waals surface area contributed by atoms with Gasteiger partial charge >= 0.3 is 0 Å². The molecule has 0 spiro atoms. The summed E-state index contributed by atoms with van der Waals surface area (Å²) in [5.41, 5.74) is 4.78. The molecule has 0 aromatic heterocycles. The Hall–Kier alpha value is -1.59. The highest BCUT2D eigenvalue weighted by Gasteiger charge is 2.37. The number of nitrogens with one attached hydrogen (secondary N) is 2. The maximum Gasteiger partial charge on any atom is 0.251 e. The highest BCUT2D eigenvalue weighted by Crippen LogP contribution is 2.34. The largest absolute Gasteiger partial charge is 0.376 e. The van der Waals surface area contributed by atoms with Crippen molar-refractivity contribution in [3.8, 4) is 0 Å². The van der Waals surface area contributed by atoms with E-state index in [0.717, 1.165) is 24.1 Å². The van der Waals surface area contributed by atoms with Crippen molar-refractivity contribution in [1.29, 1.82) is 0 Å². The van der Waals surface area contributed by atoms with Crippen molar-refractivity contribution >= 4 is 11.6 Å². The normalized spacial score (nSPS) is 16.6. The predicted octanol–water partition coefficient (Wildman–Crippen LogP) is 1.58. The Kier molecular flexibility index (Phi) is 4.07. The van der Waals surface area contributed by atoms with Crippen molar-refractivity contribution in [1.82, 2.24) is 5.32 Å². The molecule has 104 valence electrons. The summed E-state index contributed by atoms with van der Waals surface area (Å²) in [6, 6.07) is 5.42. The summed E-state index contributed by atoms with van der Waals surface area (Å²) >= 11 is 0. The molecule has 2 rings (SSSR count). The number of benzene rings is 1. The van der Waals surface area contributed by atoms with Crippen LogP contribution < -0.4 is 16.6 Å². The van der Waals surface area contributed by atoms with Gasteiger partial charge in [-0.15, -0.1) is 0 Å². The first-order chi connectivity index (χ1) is 9.10. The number of carbonyl (C=O) groups excluding carboxylic acids is 1. The van der Waals surface area contributed by atoms with E-state index in [1.165, 1.54) is 6.42 Å². The lowest BCUT2D eigenvalue weighted by molar-refractivity contribution is -0.0679. The summed E-state index contributed by atoms with van der Waals surface area (Å²) in [5.74, 6) is 5.27. The van der Waals surface area contributed by atoms with E-state index in [2.05, 4.69) is 10.7 Å². The number of rotatable bonds is 5. The number of methoxy groups -OCH3 is 1. The van der Waals surface area contributed by atoms with Gasteiger partial charge in [-0.2, -0.15) is 0 Å². The molecule has 4 N–H and O–H groups in total. The van der Waals surface area contributed by atoms with Crippen molar-refractivity contribution in [2.24, 2.45) is 5.84 Å². The van der Waals surface area contributed by atoms with Gasteiger partial charge < -0.3 is 15.5 Å². The van der Waals surface area contributed by atoms with Crippen LogP contribution in [0.25, 0.3) is 0 Å². The molecule has 1 amide bonds. The fraction of sp³-hybridized carbons (Fsp3) is 0.500. The maximum absolute atomic E-state index is 12.1. The number of anilines is 1. The summed E-state index contributed by atoms with van der Waals surface area (Å²) in [6.07, 6.45) is 3.19. The Bertz CT molecular complexity index is 464. The van der Waals surface area contributed by atoms with Gasteiger partial charge in [0.15, 0.2) is 0 Å². The monoisotopic (exact) mass is 263 g/mol. The van der Waals surface area contributed by atoms with Crippen LogP contribution in [0, 0.1) is 6.92 Å². The third-order valence-electron chi connectivity index (χ3n) is 3.91. The van der Waals surface area contributed by atoms with Crippen LogP contribution in [0.4, 0.5) is 5.69 Å². The Morgan fingerprint density at radius 3 is 2.68 bits per heavy atom. The highest BCUT2D eigenvalue weighted by atomic mass is 16.5. The van der Waals surface area contributed by atoms with E-state index in [1.54, 1.807) is 19.2 Å². The van der Waals surface area contributed by atoms with Gasteiger partial charge in [-0.25, -0.2) is 0 Å². The van der Waals surface area contributed by atoms with Crippen LogP contribution in [-0.2, 0) is 4.74 Å². The summed E-state index contributed by atoms with van der Waals surface area (Å²) in [7, 11) is 1.71. The van der Waals surface area contributed by atoms with Crippen molar-refractivity contribution in [2.75, 3.05) is 19.1 Å². The molecule has 0 radical (unpaired) electrons. The molecule has 0 heterocycles. The van der Waals surface area contributed by atoms with Gasteiger partial charge in [0.05, 0.1) is 5.60 Å². The second kappa shape index (κ2) is 5.59. The summed E-state index contributed by atoms with van der Waals surface area (Å²) in [6.45, 7) is 2.46. The van der Waals surface area contributed by atoms with E-state index in [-0.39, 0.29) is 11.5 Å². The SMILES string of the molecule is COC1(CNC(=O)c2ccc(NN)cc2C)CCC1. The van der Waals surface area contributed by atoms with Crippen LogP contribution in [0.15, 0.2) is 18.2 Å². The molecule has 1 aliphatic rings. The number of amides is 1. The highest BCUT2D eigenvalue weighted by molar-refractivity contribution is 5.96. The second-order valence-electron chi connectivity index (χ2n) is 5.10. The van der Waals surface area contributed by atoms with Crippen LogP contribution in [0.5, 0.6) is 0 Å². The Balaban J connectivity index is 2.00. The van der Waals surface area contributed by atoms with Crippen LogP contribution in [-0.4, -0.2) is 25.2 Å². The number of ether oxygens (including phenoxy) is 1. The number of hydrogen-bond acceptors (Lipinski definition) is 4. The number of hydrogen-bond donors (Lipinski definition) is 3. The molecule has 5 heteroatoms. The van der Waals surface area contributed by atoms with Gasteiger partial charge in [-0.1, -0.05) is 0 Å². The average molecular weight is 263 g/mol. The number of hydrazine groups is 1. The molecule has 1 aliphatic carbocycles. The number of nitrogen functional groups attached to an aromatic ring is 1. The zero-order chi connectivity index (χ0) is 13.9. The standard InChI is InChI=1S/C14H21N3O2/c1-10-8-11(17-15)4-5-12(10)13(18)16-9-14(19-2)6-3-7-14/h4-5,8,17H,3,6-7,9,15H2,1-2H3,(H,16,18). The van der Waals surface area contributed by atoms with Gasteiger partial charge in [0.2, 0.25) is 0 Å². The lowest BCUT2D eigenvalue weighted by atomic mass is 9.80. The molecule has 1 fully saturated rings. The molecule has 19 heavy (non-hydrogen) atoms. The number of nitrogens with two attached hydrogens (primary N) is 1. The first-order valence-electron chi connectivity index (χ1n) is 6.51. The molecule has 0 aliphatic heterocycles. The van der Waals surface area contributed by atoms with Gasteiger partial charge in [-0.3, -0.25) is 10.6 Å². The average Bonchev–Trinajstić information content (AvgIpc) is 2.37. The van der Waals surface area contributed by atoms with Gasteiger partial charge in [0.25, 0.3) is 5.91 Å². The Morgan fingerprint density at radius 2 is 2.21 bits per heavy atom. The zero-order valence-corrected chi connectivity index (χ0v) is 11.5. The van der Waals surface area contributed by atoms with Crippen molar-refractivity contribution in [2.45, 2.75) is 31.8 Å². The second-order valence-corrected chi connectivity index (χ2v) is 5.10. The molecule has 5 nitrogen and oxygen atoms in total. The van der Waals surface area contributed by atoms with Crippen LogP contribution in [0.3, 0.4) is 0 Å². The minimum Gasteiger partial charge on any atom is -0.376 e. The fourth-order valence-electron chi connectivity index (χ4n) is 2.37. The van der Waals surface area contributed by atoms with E-state index in [1.807, 2.05) is 13.0 Å². The number of aryl methyl sites for hydroxylation is 1. The van der Waals surface area contributed by atoms with E-state index >= 15 is 0 Å². The fourth-order valence-corrected chi connectivity index (χ4v) is 2.37. The van der Waals surface area contributed by atoms with E-state index in [9.17, 15) is 4.79 Å².